The summed E-state index contributed by atoms with van der Waals surface area (Å²) in [5.74, 6) is 0.296. The van der Waals surface area contributed by atoms with Gasteiger partial charge in [0.05, 0.1) is 4.90 Å². The van der Waals surface area contributed by atoms with Crippen molar-refractivity contribution in [3.8, 4) is 5.75 Å². The van der Waals surface area contributed by atoms with Crippen molar-refractivity contribution in [2.45, 2.75) is 51.6 Å². The van der Waals surface area contributed by atoms with E-state index in [0.29, 0.717) is 11.3 Å². The summed E-state index contributed by atoms with van der Waals surface area (Å²) in [6, 6.07) is 12.2. The van der Waals surface area contributed by atoms with Crippen LogP contribution < -0.4 is 14.8 Å². The van der Waals surface area contributed by atoms with Crippen LogP contribution in [0.15, 0.2) is 47.4 Å². The fourth-order valence-corrected chi connectivity index (χ4v) is 4.23. The van der Waals surface area contributed by atoms with Crippen LogP contribution in [0.3, 0.4) is 0 Å². The molecular weight excluding hydrogens is 376 g/mol. The SMILES string of the molecule is Cc1ccc(OCC(=O)NCc2ccccc2S(=O)(=O)NC(C)(C)C)cc1C. The molecule has 0 aliphatic rings. The molecule has 0 aliphatic carbocycles. The van der Waals surface area contributed by atoms with Crippen molar-refractivity contribution in [3.63, 3.8) is 0 Å². The van der Waals surface area contributed by atoms with Crippen molar-refractivity contribution >= 4 is 15.9 Å². The third kappa shape index (κ3) is 6.35. The maximum absolute atomic E-state index is 12.6. The Morgan fingerprint density at radius 2 is 1.71 bits per heavy atom. The van der Waals surface area contributed by atoms with E-state index in [1.807, 2.05) is 32.0 Å². The first-order chi connectivity index (χ1) is 13.0. The summed E-state index contributed by atoms with van der Waals surface area (Å²) in [5.41, 5.74) is 2.15. The number of hydrogen-bond donors (Lipinski definition) is 2. The molecule has 28 heavy (non-hydrogen) atoms. The molecule has 0 saturated heterocycles. The Hall–Kier alpha value is -2.38. The molecule has 0 heterocycles. The van der Waals surface area contributed by atoms with Gasteiger partial charge in [0.1, 0.15) is 5.75 Å². The number of sulfonamides is 1. The quantitative estimate of drug-likeness (QED) is 0.743. The number of aryl methyl sites for hydroxylation is 2. The van der Waals surface area contributed by atoms with E-state index in [0.717, 1.165) is 11.1 Å². The van der Waals surface area contributed by atoms with Crippen molar-refractivity contribution in [1.29, 1.82) is 0 Å². The molecule has 7 heteroatoms. The molecule has 0 saturated carbocycles. The molecular formula is C21H28N2O4S. The molecule has 0 atom stereocenters. The van der Waals surface area contributed by atoms with Gasteiger partial charge in [0, 0.05) is 12.1 Å². The van der Waals surface area contributed by atoms with E-state index >= 15 is 0 Å². The molecule has 6 nitrogen and oxygen atoms in total. The van der Waals surface area contributed by atoms with Crippen LogP contribution in [0.4, 0.5) is 0 Å². The van der Waals surface area contributed by atoms with Gasteiger partial charge < -0.3 is 10.1 Å². The topological polar surface area (TPSA) is 84.5 Å². The summed E-state index contributed by atoms with van der Waals surface area (Å²) in [6.45, 7) is 9.27. The van der Waals surface area contributed by atoms with Gasteiger partial charge in [0.2, 0.25) is 10.0 Å². The normalized spacial score (nSPS) is 11.9. The lowest BCUT2D eigenvalue weighted by Crippen LogP contribution is -2.41. The van der Waals surface area contributed by atoms with Crippen LogP contribution in [-0.4, -0.2) is 26.5 Å². The van der Waals surface area contributed by atoms with Crippen LogP contribution in [0.1, 0.15) is 37.5 Å². The van der Waals surface area contributed by atoms with Crippen LogP contribution in [0.5, 0.6) is 5.75 Å². The number of hydrogen-bond acceptors (Lipinski definition) is 4. The summed E-state index contributed by atoms with van der Waals surface area (Å²) in [5, 5.41) is 2.71. The summed E-state index contributed by atoms with van der Waals surface area (Å²) in [7, 11) is -3.69. The number of carbonyl (C=O) groups is 1. The zero-order valence-electron chi connectivity index (χ0n) is 17.0. The zero-order valence-corrected chi connectivity index (χ0v) is 17.8. The smallest absolute Gasteiger partial charge is 0.258 e. The molecule has 2 N–H and O–H groups in total. The second kappa shape index (κ2) is 8.75. The monoisotopic (exact) mass is 404 g/mol. The van der Waals surface area contributed by atoms with Gasteiger partial charge in [-0.1, -0.05) is 24.3 Å². The van der Waals surface area contributed by atoms with E-state index in [1.165, 1.54) is 6.07 Å². The van der Waals surface area contributed by atoms with Gasteiger partial charge in [-0.25, -0.2) is 13.1 Å². The number of amides is 1. The zero-order chi connectivity index (χ0) is 20.9. The first kappa shape index (κ1) is 21.9. The van der Waals surface area contributed by atoms with Crippen molar-refractivity contribution < 1.29 is 17.9 Å². The minimum atomic E-state index is -3.69. The fraction of sp³-hybridized carbons (Fsp3) is 0.381. The van der Waals surface area contributed by atoms with Crippen LogP contribution in [0, 0.1) is 13.8 Å². The highest BCUT2D eigenvalue weighted by molar-refractivity contribution is 7.89. The highest BCUT2D eigenvalue weighted by Crippen LogP contribution is 2.18. The Morgan fingerprint density at radius 3 is 2.36 bits per heavy atom. The largest absolute Gasteiger partial charge is 0.484 e. The van der Waals surface area contributed by atoms with E-state index in [4.69, 9.17) is 4.74 Å². The van der Waals surface area contributed by atoms with E-state index in [1.54, 1.807) is 39.0 Å². The minimum Gasteiger partial charge on any atom is -0.484 e. The van der Waals surface area contributed by atoms with Crippen molar-refractivity contribution in [2.75, 3.05) is 6.61 Å². The number of carbonyl (C=O) groups excluding carboxylic acids is 1. The summed E-state index contributed by atoms with van der Waals surface area (Å²) < 4.78 is 33.4. The molecule has 2 rings (SSSR count). The minimum absolute atomic E-state index is 0.0936. The van der Waals surface area contributed by atoms with Crippen LogP contribution >= 0.6 is 0 Å². The maximum Gasteiger partial charge on any atom is 0.258 e. The highest BCUT2D eigenvalue weighted by Gasteiger charge is 2.24. The van der Waals surface area contributed by atoms with Crippen LogP contribution in [0.25, 0.3) is 0 Å². The first-order valence-electron chi connectivity index (χ1n) is 9.06. The lowest BCUT2D eigenvalue weighted by molar-refractivity contribution is -0.123. The van der Waals surface area contributed by atoms with Gasteiger partial charge in [-0.05, 0) is 69.5 Å². The highest BCUT2D eigenvalue weighted by atomic mass is 32.2. The lowest BCUT2D eigenvalue weighted by atomic mass is 10.1. The standard InChI is InChI=1S/C21H28N2O4S/c1-15-10-11-18(12-16(15)2)27-14-20(24)22-13-17-8-6-7-9-19(17)28(25,26)23-21(3,4)5/h6-12,23H,13-14H2,1-5H3,(H,22,24). The van der Waals surface area contributed by atoms with E-state index < -0.39 is 15.6 Å². The average molecular weight is 405 g/mol. The third-order valence-electron chi connectivity index (χ3n) is 4.03. The fourth-order valence-electron chi connectivity index (χ4n) is 2.57. The molecule has 0 fully saturated rings. The second-order valence-electron chi connectivity index (χ2n) is 7.77. The van der Waals surface area contributed by atoms with E-state index in [-0.39, 0.29) is 24.0 Å². The second-order valence-corrected chi connectivity index (χ2v) is 9.43. The van der Waals surface area contributed by atoms with Gasteiger partial charge in [-0.3, -0.25) is 4.79 Å². The van der Waals surface area contributed by atoms with Gasteiger partial charge in [-0.15, -0.1) is 0 Å². The van der Waals surface area contributed by atoms with E-state index in [9.17, 15) is 13.2 Å². The Bertz CT molecular complexity index is 947. The molecule has 2 aromatic rings. The molecule has 0 aliphatic heterocycles. The number of nitrogens with one attached hydrogen (secondary N) is 2. The molecule has 2 aromatic carbocycles. The number of benzene rings is 2. The predicted molar refractivity (Wildman–Crippen MR) is 110 cm³/mol. The number of rotatable bonds is 7. The molecule has 0 spiro atoms. The van der Waals surface area contributed by atoms with E-state index in [2.05, 4.69) is 10.0 Å². The van der Waals surface area contributed by atoms with Gasteiger partial charge in [0.25, 0.3) is 5.91 Å². The van der Waals surface area contributed by atoms with Crippen molar-refractivity contribution in [2.24, 2.45) is 0 Å². The van der Waals surface area contributed by atoms with Gasteiger partial charge >= 0.3 is 0 Å². The Balaban J connectivity index is 2.00. The Kier molecular flexibility index (Phi) is 6.85. The lowest BCUT2D eigenvalue weighted by Gasteiger charge is -2.21. The van der Waals surface area contributed by atoms with Crippen LogP contribution in [0.2, 0.25) is 0 Å². The summed E-state index contributed by atoms with van der Waals surface area (Å²) in [6.07, 6.45) is 0. The molecule has 0 radical (unpaired) electrons. The average Bonchev–Trinajstić information content (AvgIpc) is 2.59. The predicted octanol–water partition coefficient (Wildman–Crippen LogP) is 3.08. The molecule has 1 amide bonds. The Labute approximate surface area is 167 Å². The summed E-state index contributed by atoms with van der Waals surface area (Å²) in [4.78, 5) is 12.3. The number of ether oxygens (including phenoxy) is 1. The van der Waals surface area contributed by atoms with Crippen molar-refractivity contribution in [3.05, 3.63) is 59.2 Å². The molecule has 152 valence electrons. The third-order valence-corrected chi connectivity index (χ3v) is 5.89. The molecule has 0 unspecified atom stereocenters. The summed E-state index contributed by atoms with van der Waals surface area (Å²) >= 11 is 0. The van der Waals surface area contributed by atoms with Gasteiger partial charge in [-0.2, -0.15) is 0 Å². The first-order valence-corrected chi connectivity index (χ1v) is 10.5. The van der Waals surface area contributed by atoms with Crippen molar-refractivity contribution in [1.82, 2.24) is 10.0 Å². The molecule has 0 aromatic heterocycles. The van der Waals surface area contributed by atoms with Gasteiger partial charge in [0.15, 0.2) is 6.61 Å². The Morgan fingerprint density at radius 1 is 1.04 bits per heavy atom. The maximum atomic E-state index is 12.6. The molecule has 0 bridgehead atoms. The van der Waals surface area contributed by atoms with Crippen LogP contribution in [-0.2, 0) is 21.4 Å².